The van der Waals surface area contributed by atoms with Gasteiger partial charge in [0.25, 0.3) is 10.0 Å². The molecule has 0 fully saturated rings. The first-order chi connectivity index (χ1) is 18.4. The van der Waals surface area contributed by atoms with Gasteiger partial charge in [-0.15, -0.1) is 0 Å². The van der Waals surface area contributed by atoms with E-state index < -0.39 is 16.2 Å². The fraction of sp³-hybridized carbons (Fsp3) is 0.0690. The molecule has 1 unspecified atom stereocenters. The van der Waals surface area contributed by atoms with Crippen LogP contribution in [0.2, 0.25) is 0 Å². The summed E-state index contributed by atoms with van der Waals surface area (Å²) in [6.45, 7) is 0. The summed E-state index contributed by atoms with van der Waals surface area (Å²) < 4.78 is 39.7. The number of hydrogen-bond acceptors (Lipinski definition) is 7. The van der Waals surface area contributed by atoms with Crippen LogP contribution in [0.1, 0.15) is 11.7 Å². The van der Waals surface area contributed by atoms with Crippen LogP contribution in [0.5, 0.6) is 5.75 Å². The molecule has 1 atom stereocenters. The lowest BCUT2D eigenvalue weighted by Crippen LogP contribution is -2.43. The molecule has 3 N–H and O–H groups in total. The molecule has 0 saturated carbocycles. The molecule has 0 spiro atoms. The number of ether oxygens (including phenoxy) is 1. The Morgan fingerprint density at radius 1 is 0.921 bits per heavy atom. The molecular formula is C29H24N4O4S. The highest BCUT2D eigenvalue weighted by molar-refractivity contribution is 7.92. The van der Waals surface area contributed by atoms with Gasteiger partial charge in [0.2, 0.25) is 5.55 Å². The molecule has 9 heteroatoms. The van der Waals surface area contributed by atoms with Crippen LogP contribution in [0.3, 0.4) is 0 Å². The number of nitrogens with zero attached hydrogens (tertiary/aromatic N) is 2. The van der Waals surface area contributed by atoms with Crippen molar-refractivity contribution in [3.8, 4) is 5.75 Å². The zero-order chi connectivity index (χ0) is 26.3. The molecule has 5 aromatic rings. The maximum Gasteiger partial charge on any atom is 0.261 e. The van der Waals surface area contributed by atoms with Gasteiger partial charge < -0.3 is 19.8 Å². The number of benzene rings is 4. The molecule has 0 amide bonds. The Morgan fingerprint density at radius 3 is 2.39 bits per heavy atom. The number of anilines is 2. The molecule has 0 saturated heterocycles. The van der Waals surface area contributed by atoms with E-state index in [0.29, 0.717) is 22.3 Å². The van der Waals surface area contributed by atoms with Crippen molar-refractivity contribution in [2.45, 2.75) is 11.1 Å². The van der Waals surface area contributed by atoms with Crippen molar-refractivity contribution in [3.05, 3.63) is 120 Å². The van der Waals surface area contributed by atoms with Crippen LogP contribution >= 0.6 is 0 Å². The van der Waals surface area contributed by atoms with E-state index in [1.807, 2.05) is 65.6 Å². The first kappa shape index (κ1) is 23.6. The zero-order valence-corrected chi connectivity index (χ0v) is 21.2. The summed E-state index contributed by atoms with van der Waals surface area (Å²) in [6.07, 6.45) is 1.07. The van der Waals surface area contributed by atoms with Crippen molar-refractivity contribution >= 4 is 38.0 Å². The second-order valence-corrected chi connectivity index (χ2v) is 10.5. The predicted molar refractivity (Wildman–Crippen MR) is 146 cm³/mol. The third kappa shape index (κ3) is 4.22. The van der Waals surface area contributed by atoms with Gasteiger partial charge in [0.15, 0.2) is 6.17 Å². The fourth-order valence-electron chi connectivity index (χ4n) is 4.55. The number of sulfonamides is 1. The third-order valence-corrected chi connectivity index (χ3v) is 7.89. The van der Waals surface area contributed by atoms with Crippen LogP contribution in [0.4, 0.5) is 11.4 Å². The summed E-state index contributed by atoms with van der Waals surface area (Å²) in [5.74, 6) is 1.21. The summed E-state index contributed by atoms with van der Waals surface area (Å²) in [6, 6.07) is 29.1. The highest BCUT2D eigenvalue weighted by Crippen LogP contribution is 2.33. The lowest BCUT2D eigenvalue weighted by atomic mass is 10.1. The van der Waals surface area contributed by atoms with Gasteiger partial charge >= 0.3 is 0 Å². The normalized spacial score (nSPS) is 15.1. The molecule has 190 valence electrons. The molecule has 4 aromatic carbocycles. The SMILES string of the molecule is COc1ccc(C2N=c3occc3=C(N)N2c2ccc(NS(=O)(=O)c3ccc4ccccc4c3)cc2)cc1. The number of furan rings is 1. The minimum absolute atomic E-state index is 0.194. The van der Waals surface area contributed by atoms with Crippen molar-refractivity contribution in [2.24, 2.45) is 10.7 Å². The van der Waals surface area contributed by atoms with Gasteiger partial charge in [0.1, 0.15) is 11.6 Å². The number of rotatable bonds is 6. The van der Waals surface area contributed by atoms with Crippen LogP contribution in [-0.2, 0) is 10.0 Å². The Kier molecular flexibility index (Phi) is 5.77. The second-order valence-electron chi connectivity index (χ2n) is 8.83. The van der Waals surface area contributed by atoms with Crippen LogP contribution in [0.15, 0.2) is 118 Å². The van der Waals surface area contributed by atoms with Crippen molar-refractivity contribution < 1.29 is 17.6 Å². The Hall–Kier alpha value is -4.76. The van der Waals surface area contributed by atoms with Crippen molar-refractivity contribution in [1.29, 1.82) is 0 Å². The van der Waals surface area contributed by atoms with Gasteiger partial charge in [-0.3, -0.25) is 4.72 Å². The number of methoxy groups -OCH3 is 1. The maximum atomic E-state index is 13.1. The third-order valence-electron chi connectivity index (χ3n) is 6.51. The predicted octanol–water partition coefficient (Wildman–Crippen LogP) is 4.11. The van der Waals surface area contributed by atoms with Gasteiger partial charge in [-0.1, -0.05) is 42.5 Å². The Balaban J connectivity index is 1.32. The second kappa shape index (κ2) is 9.28. The van der Waals surface area contributed by atoms with E-state index in [9.17, 15) is 8.42 Å². The monoisotopic (exact) mass is 524 g/mol. The number of hydrogen-bond donors (Lipinski definition) is 2. The summed E-state index contributed by atoms with van der Waals surface area (Å²) in [5, 5.41) is 2.52. The molecular weight excluding hydrogens is 500 g/mol. The van der Waals surface area contributed by atoms with Crippen LogP contribution in [0, 0.1) is 0 Å². The standard InChI is InChI=1S/C29H24N4O4S/c1-36-24-13-6-20(7-14-24)28-31-29-26(16-17-37-29)27(30)33(28)23-11-9-22(10-12-23)32-38(34,35)25-15-8-19-4-2-3-5-21(19)18-25/h2-18,28,32H,30H2,1H3. The molecule has 2 heterocycles. The van der Waals surface area contributed by atoms with Gasteiger partial charge in [0, 0.05) is 11.4 Å². The molecule has 1 aliphatic rings. The minimum Gasteiger partial charge on any atom is -0.497 e. The van der Waals surface area contributed by atoms with E-state index in [-0.39, 0.29) is 4.90 Å². The van der Waals surface area contributed by atoms with Crippen molar-refractivity contribution in [2.75, 3.05) is 16.7 Å². The van der Waals surface area contributed by atoms with Gasteiger partial charge in [0.05, 0.1) is 23.5 Å². The van der Waals surface area contributed by atoms with Gasteiger partial charge in [-0.05, 0) is 70.9 Å². The zero-order valence-electron chi connectivity index (χ0n) is 20.4. The van der Waals surface area contributed by atoms with E-state index in [2.05, 4.69) is 4.72 Å². The Bertz CT molecular complexity index is 1860. The molecule has 0 aliphatic carbocycles. The molecule has 8 nitrogen and oxygen atoms in total. The van der Waals surface area contributed by atoms with Crippen molar-refractivity contribution in [3.63, 3.8) is 0 Å². The first-order valence-corrected chi connectivity index (χ1v) is 13.4. The van der Waals surface area contributed by atoms with E-state index in [1.165, 1.54) is 0 Å². The molecule has 1 aliphatic heterocycles. The van der Waals surface area contributed by atoms with Gasteiger partial charge in [-0.25, -0.2) is 13.4 Å². The molecule has 1 aromatic heterocycles. The number of fused-ring (bicyclic) bond motifs is 2. The van der Waals surface area contributed by atoms with E-state index in [0.717, 1.165) is 27.8 Å². The van der Waals surface area contributed by atoms with E-state index >= 15 is 0 Å². The van der Waals surface area contributed by atoms with Crippen molar-refractivity contribution in [1.82, 2.24) is 0 Å². The number of nitrogens with one attached hydrogen (secondary N) is 1. The lowest BCUT2D eigenvalue weighted by Gasteiger charge is -2.33. The highest BCUT2D eigenvalue weighted by Gasteiger charge is 2.27. The average Bonchev–Trinajstić information content (AvgIpc) is 3.42. The summed E-state index contributed by atoms with van der Waals surface area (Å²) in [5.41, 5.74) is 9.12. The average molecular weight is 525 g/mol. The smallest absolute Gasteiger partial charge is 0.261 e. The summed E-state index contributed by atoms with van der Waals surface area (Å²) in [4.78, 5) is 6.88. The topological polar surface area (TPSA) is 110 Å². The number of nitrogens with two attached hydrogens (primary N) is 1. The quantitative estimate of drug-likeness (QED) is 0.346. The lowest BCUT2D eigenvalue weighted by molar-refractivity contribution is 0.414. The molecule has 38 heavy (non-hydrogen) atoms. The summed E-state index contributed by atoms with van der Waals surface area (Å²) in [7, 11) is -2.17. The summed E-state index contributed by atoms with van der Waals surface area (Å²) >= 11 is 0. The van der Waals surface area contributed by atoms with Crippen LogP contribution < -0.4 is 30.9 Å². The minimum atomic E-state index is -3.78. The molecule has 0 bridgehead atoms. The van der Waals surface area contributed by atoms with Gasteiger partial charge in [-0.2, -0.15) is 0 Å². The van der Waals surface area contributed by atoms with E-state index in [1.54, 1.807) is 49.8 Å². The Labute approximate surface area is 219 Å². The maximum absolute atomic E-state index is 13.1. The van der Waals surface area contributed by atoms with E-state index in [4.69, 9.17) is 19.9 Å². The highest BCUT2D eigenvalue weighted by atomic mass is 32.2. The molecule has 6 rings (SSSR count). The first-order valence-electron chi connectivity index (χ1n) is 11.9. The Morgan fingerprint density at radius 2 is 1.66 bits per heavy atom. The molecule has 0 radical (unpaired) electrons. The fourth-order valence-corrected chi connectivity index (χ4v) is 5.64. The van der Waals surface area contributed by atoms with Crippen LogP contribution in [0.25, 0.3) is 16.6 Å². The largest absolute Gasteiger partial charge is 0.497 e. The van der Waals surface area contributed by atoms with Crippen LogP contribution in [-0.4, -0.2) is 15.5 Å².